The topological polar surface area (TPSA) is 79.9 Å². The average Bonchev–Trinajstić information content (AvgIpc) is 3.42. The number of thiocarbonyl (C=S) groups is 1. The van der Waals surface area contributed by atoms with E-state index in [2.05, 4.69) is 53.2 Å². The fourth-order valence-corrected chi connectivity index (χ4v) is 5.89. The molecule has 0 aliphatic carbocycles. The Morgan fingerprint density at radius 1 is 1.07 bits per heavy atom. The summed E-state index contributed by atoms with van der Waals surface area (Å²) in [6.07, 6.45) is 5.55. The number of benzene rings is 2. The first kappa shape index (κ1) is 29.1. The molecule has 3 heterocycles. The highest BCUT2D eigenvalue weighted by Crippen LogP contribution is 2.30. The third-order valence-electron chi connectivity index (χ3n) is 7.99. The Labute approximate surface area is 251 Å². The Bertz CT molecular complexity index is 1630. The molecule has 0 saturated carbocycles. The largest absolute Gasteiger partial charge is 0.366 e. The second kappa shape index (κ2) is 13.0. The first-order chi connectivity index (χ1) is 19.8. The molecule has 1 saturated heterocycles. The summed E-state index contributed by atoms with van der Waals surface area (Å²) in [4.78, 5) is 26.5. The molecule has 0 unspecified atom stereocenters. The molecule has 7 nitrogen and oxygen atoms in total. The van der Waals surface area contributed by atoms with Gasteiger partial charge in [0, 0.05) is 42.8 Å². The number of aryl methyl sites for hydroxylation is 2. The number of nitrogens with one attached hydrogen (secondary N) is 1. The van der Waals surface area contributed by atoms with Gasteiger partial charge in [0.2, 0.25) is 0 Å². The third-order valence-corrected chi connectivity index (χ3v) is 8.57. The first-order valence-corrected chi connectivity index (χ1v) is 15.3. The van der Waals surface area contributed by atoms with Crippen LogP contribution < -0.4 is 5.56 Å². The fourth-order valence-electron chi connectivity index (χ4n) is 5.43. The van der Waals surface area contributed by atoms with Crippen molar-refractivity contribution in [3.63, 3.8) is 0 Å². The second-order valence-corrected chi connectivity index (χ2v) is 11.8. The molecule has 1 fully saturated rings. The van der Waals surface area contributed by atoms with E-state index in [4.69, 9.17) is 33.9 Å². The Morgan fingerprint density at radius 3 is 2.44 bits per heavy atom. The van der Waals surface area contributed by atoms with Crippen LogP contribution in [0.5, 0.6) is 0 Å². The molecule has 214 valence electrons. The van der Waals surface area contributed by atoms with Gasteiger partial charge in [0.1, 0.15) is 5.82 Å². The van der Waals surface area contributed by atoms with E-state index in [0.29, 0.717) is 24.4 Å². The van der Waals surface area contributed by atoms with Crippen molar-refractivity contribution in [3.05, 3.63) is 86.4 Å². The molecular weight excluding hydrogens is 551 g/mol. The SMILES string of the molecule is CCCCc1nc(C)c(CC(=S)N2CCC(C)CC2)c(=O)n1Cc1ccc(-c2ccccc2-c2nc(=S)o[nH]2)cc1. The van der Waals surface area contributed by atoms with E-state index in [1.807, 2.05) is 35.8 Å². The van der Waals surface area contributed by atoms with Crippen LogP contribution in [0.2, 0.25) is 0 Å². The van der Waals surface area contributed by atoms with Gasteiger partial charge in [-0.25, -0.2) is 10.1 Å². The van der Waals surface area contributed by atoms with Gasteiger partial charge in [-0.15, -0.1) is 0 Å². The maximum absolute atomic E-state index is 14.0. The number of piperidine rings is 1. The molecule has 0 amide bonds. The van der Waals surface area contributed by atoms with E-state index in [9.17, 15) is 4.79 Å². The summed E-state index contributed by atoms with van der Waals surface area (Å²) in [5.74, 6) is 2.16. The van der Waals surface area contributed by atoms with Crippen LogP contribution >= 0.6 is 24.4 Å². The maximum atomic E-state index is 14.0. The van der Waals surface area contributed by atoms with Gasteiger partial charge >= 0.3 is 4.84 Å². The first-order valence-electron chi connectivity index (χ1n) is 14.4. The fraction of sp³-hybridized carbons (Fsp3) is 0.406. The quantitative estimate of drug-likeness (QED) is 0.213. The van der Waals surface area contributed by atoms with Crippen molar-refractivity contribution in [2.45, 2.75) is 65.8 Å². The summed E-state index contributed by atoms with van der Waals surface area (Å²) in [5, 5.41) is 2.80. The maximum Gasteiger partial charge on any atom is 0.314 e. The van der Waals surface area contributed by atoms with Crippen molar-refractivity contribution >= 4 is 29.4 Å². The zero-order chi connectivity index (χ0) is 28.9. The number of hydrogen-bond acceptors (Lipinski definition) is 6. The van der Waals surface area contributed by atoms with E-state index in [0.717, 1.165) is 89.9 Å². The van der Waals surface area contributed by atoms with Crippen molar-refractivity contribution < 1.29 is 4.52 Å². The zero-order valence-electron chi connectivity index (χ0n) is 24.0. The summed E-state index contributed by atoms with van der Waals surface area (Å²) in [5.41, 5.74) is 5.52. The van der Waals surface area contributed by atoms with Crippen LogP contribution in [0.3, 0.4) is 0 Å². The van der Waals surface area contributed by atoms with Gasteiger partial charge in [-0.3, -0.25) is 9.36 Å². The molecule has 4 aromatic rings. The average molecular weight is 588 g/mol. The number of aromatic nitrogens is 4. The van der Waals surface area contributed by atoms with Gasteiger partial charge in [0.25, 0.3) is 5.56 Å². The summed E-state index contributed by atoms with van der Waals surface area (Å²) in [6.45, 7) is 8.79. The van der Waals surface area contributed by atoms with Crippen molar-refractivity contribution in [3.8, 4) is 22.5 Å². The Morgan fingerprint density at radius 2 is 1.78 bits per heavy atom. The van der Waals surface area contributed by atoms with E-state index in [1.165, 1.54) is 0 Å². The molecule has 0 bridgehead atoms. The lowest BCUT2D eigenvalue weighted by Gasteiger charge is -2.32. The molecule has 1 N–H and O–H groups in total. The van der Waals surface area contributed by atoms with Crippen LogP contribution in [0, 0.1) is 17.7 Å². The normalized spacial score (nSPS) is 14.0. The van der Waals surface area contributed by atoms with Crippen molar-refractivity contribution in [2.24, 2.45) is 5.92 Å². The van der Waals surface area contributed by atoms with Crippen LogP contribution in [-0.2, 0) is 19.4 Å². The van der Waals surface area contributed by atoms with Crippen LogP contribution in [0.25, 0.3) is 22.5 Å². The number of nitrogens with zero attached hydrogens (tertiary/aromatic N) is 4. The Kier molecular flexibility index (Phi) is 9.25. The summed E-state index contributed by atoms with van der Waals surface area (Å²) >= 11 is 10.9. The minimum Gasteiger partial charge on any atom is -0.366 e. The number of aromatic amines is 1. The summed E-state index contributed by atoms with van der Waals surface area (Å²) < 4.78 is 7.01. The summed E-state index contributed by atoms with van der Waals surface area (Å²) in [6, 6.07) is 16.3. The van der Waals surface area contributed by atoms with E-state index in [-0.39, 0.29) is 10.4 Å². The Hall–Kier alpha value is -3.43. The monoisotopic (exact) mass is 587 g/mol. The van der Waals surface area contributed by atoms with Crippen LogP contribution in [-0.4, -0.2) is 42.7 Å². The van der Waals surface area contributed by atoms with Gasteiger partial charge in [0.15, 0.2) is 5.82 Å². The van der Waals surface area contributed by atoms with E-state index < -0.39 is 0 Å². The van der Waals surface area contributed by atoms with Crippen LogP contribution in [0.4, 0.5) is 0 Å². The van der Waals surface area contributed by atoms with Crippen LogP contribution in [0.15, 0.2) is 57.8 Å². The predicted octanol–water partition coefficient (Wildman–Crippen LogP) is 6.92. The number of unbranched alkanes of at least 4 members (excludes halogenated alkanes) is 1. The molecule has 9 heteroatoms. The second-order valence-electron chi connectivity index (χ2n) is 11.0. The smallest absolute Gasteiger partial charge is 0.314 e. The van der Waals surface area contributed by atoms with Crippen molar-refractivity contribution in [2.75, 3.05) is 13.1 Å². The van der Waals surface area contributed by atoms with Crippen LogP contribution in [0.1, 0.15) is 62.2 Å². The Balaban J connectivity index is 1.43. The van der Waals surface area contributed by atoms with E-state index in [1.54, 1.807) is 0 Å². The standard InChI is InChI=1S/C32H37N5O2S2/c1-4-5-10-28-33-22(3)27(19-29(40)36-17-15-21(2)16-18-36)31(38)37(28)20-23-11-13-24(14-12-23)25-8-6-7-9-26(25)30-34-32(41)39-35-30/h6-9,11-14,21H,4-5,10,15-20H2,1-3H3,(H,34,35,41). The molecule has 1 aliphatic heterocycles. The van der Waals surface area contributed by atoms with E-state index >= 15 is 0 Å². The highest BCUT2D eigenvalue weighted by molar-refractivity contribution is 7.80. The lowest BCUT2D eigenvalue weighted by atomic mass is 9.98. The lowest BCUT2D eigenvalue weighted by Crippen LogP contribution is -2.39. The molecule has 0 radical (unpaired) electrons. The highest BCUT2D eigenvalue weighted by atomic mass is 32.1. The van der Waals surface area contributed by atoms with Gasteiger partial charge < -0.3 is 9.42 Å². The van der Waals surface area contributed by atoms with Gasteiger partial charge in [-0.05, 0) is 61.0 Å². The minimum absolute atomic E-state index is 0.0204. The van der Waals surface area contributed by atoms with Crippen molar-refractivity contribution in [1.29, 1.82) is 0 Å². The molecular formula is C32H37N5O2S2. The van der Waals surface area contributed by atoms with Gasteiger partial charge in [-0.1, -0.05) is 81.0 Å². The number of rotatable bonds is 9. The molecule has 0 spiro atoms. The van der Waals surface area contributed by atoms with Gasteiger partial charge in [-0.2, -0.15) is 4.98 Å². The van der Waals surface area contributed by atoms with Crippen molar-refractivity contribution in [1.82, 2.24) is 24.6 Å². The molecule has 2 aromatic heterocycles. The molecule has 0 atom stereocenters. The number of H-pyrrole nitrogens is 1. The molecule has 41 heavy (non-hydrogen) atoms. The number of likely N-dealkylation sites (tertiary alicyclic amines) is 1. The molecule has 1 aliphatic rings. The third kappa shape index (κ3) is 6.73. The van der Waals surface area contributed by atoms with Gasteiger partial charge in [0.05, 0.1) is 11.5 Å². The minimum atomic E-state index is 0.0204. The molecule has 2 aromatic carbocycles. The highest BCUT2D eigenvalue weighted by Gasteiger charge is 2.21. The lowest BCUT2D eigenvalue weighted by molar-refractivity contribution is 0.281. The zero-order valence-corrected chi connectivity index (χ0v) is 25.6. The predicted molar refractivity (Wildman–Crippen MR) is 170 cm³/mol. The number of hydrogen-bond donors (Lipinski definition) is 1. The summed E-state index contributed by atoms with van der Waals surface area (Å²) in [7, 11) is 0. The molecule has 5 rings (SSSR count).